The molecule has 0 aromatic heterocycles. The summed E-state index contributed by atoms with van der Waals surface area (Å²) in [7, 11) is 0. The minimum atomic E-state index is 0.564. The molecule has 3 nitrogen and oxygen atoms in total. The molecule has 0 aliphatic heterocycles. The molecule has 0 bridgehead atoms. The largest absolute Gasteiger partial charge is 0.494 e. The first kappa shape index (κ1) is 14.8. The third-order valence-electron chi connectivity index (χ3n) is 2.51. The Kier molecular flexibility index (Phi) is 7.26. The van der Waals surface area contributed by atoms with Crippen molar-refractivity contribution >= 4 is 0 Å². The fourth-order valence-corrected chi connectivity index (χ4v) is 1.63. The van der Waals surface area contributed by atoms with E-state index in [4.69, 9.17) is 9.47 Å². The summed E-state index contributed by atoms with van der Waals surface area (Å²) in [6.45, 7) is 8.81. The van der Waals surface area contributed by atoms with Crippen molar-refractivity contribution in [3.05, 3.63) is 24.3 Å². The van der Waals surface area contributed by atoms with E-state index in [0.717, 1.165) is 37.5 Å². The maximum absolute atomic E-state index is 5.69. The van der Waals surface area contributed by atoms with E-state index in [2.05, 4.69) is 19.2 Å². The van der Waals surface area contributed by atoms with Gasteiger partial charge in [0, 0.05) is 12.1 Å². The van der Waals surface area contributed by atoms with Crippen LogP contribution in [0.25, 0.3) is 0 Å². The van der Waals surface area contributed by atoms with E-state index < -0.39 is 0 Å². The quantitative estimate of drug-likeness (QED) is 0.683. The summed E-state index contributed by atoms with van der Waals surface area (Å²) in [4.78, 5) is 0. The first-order valence-electron chi connectivity index (χ1n) is 6.81. The molecule has 0 saturated carbocycles. The molecule has 0 heterocycles. The second-order valence-electron chi connectivity index (χ2n) is 4.57. The Hall–Kier alpha value is -1.22. The Morgan fingerprint density at radius 1 is 1.11 bits per heavy atom. The summed E-state index contributed by atoms with van der Waals surface area (Å²) < 4.78 is 11.1. The van der Waals surface area contributed by atoms with Gasteiger partial charge in [-0.3, -0.25) is 0 Å². The minimum absolute atomic E-state index is 0.564. The molecule has 0 amide bonds. The number of rotatable bonds is 9. The maximum Gasteiger partial charge on any atom is 0.122 e. The van der Waals surface area contributed by atoms with Crippen LogP contribution in [-0.4, -0.2) is 25.8 Å². The number of hydrogen-bond acceptors (Lipinski definition) is 3. The molecule has 18 heavy (non-hydrogen) atoms. The monoisotopic (exact) mass is 251 g/mol. The lowest BCUT2D eigenvalue weighted by molar-refractivity contribution is 0.299. The molecule has 0 aliphatic rings. The summed E-state index contributed by atoms with van der Waals surface area (Å²) >= 11 is 0. The van der Waals surface area contributed by atoms with E-state index in [-0.39, 0.29) is 0 Å². The molecule has 1 N–H and O–H groups in total. The Labute approximate surface area is 110 Å². The van der Waals surface area contributed by atoms with Gasteiger partial charge in [-0.1, -0.05) is 19.9 Å². The highest BCUT2D eigenvalue weighted by atomic mass is 16.5. The fourth-order valence-electron chi connectivity index (χ4n) is 1.63. The van der Waals surface area contributed by atoms with Gasteiger partial charge in [0.15, 0.2) is 0 Å². The molecule has 1 rings (SSSR count). The molecular weight excluding hydrogens is 226 g/mol. The van der Waals surface area contributed by atoms with Gasteiger partial charge in [0.1, 0.15) is 11.5 Å². The Morgan fingerprint density at radius 3 is 2.50 bits per heavy atom. The zero-order valence-corrected chi connectivity index (χ0v) is 11.7. The predicted octanol–water partition coefficient (Wildman–Crippen LogP) is 3.24. The number of hydrogen-bond donors (Lipinski definition) is 1. The van der Waals surface area contributed by atoms with Crippen LogP contribution in [0.3, 0.4) is 0 Å². The molecule has 0 aliphatic carbocycles. The lowest BCUT2D eigenvalue weighted by atomic mass is 10.3. The summed E-state index contributed by atoms with van der Waals surface area (Å²) in [5.74, 6) is 1.76. The van der Waals surface area contributed by atoms with E-state index in [1.54, 1.807) is 0 Å². The van der Waals surface area contributed by atoms with E-state index in [1.807, 2.05) is 31.2 Å². The van der Waals surface area contributed by atoms with E-state index in [9.17, 15) is 0 Å². The normalized spacial score (nSPS) is 10.7. The predicted molar refractivity (Wildman–Crippen MR) is 75.5 cm³/mol. The first-order chi connectivity index (χ1) is 8.72. The Bertz CT molecular complexity index is 326. The molecule has 0 fully saturated rings. The first-order valence-corrected chi connectivity index (χ1v) is 6.81. The Balaban J connectivity index is 2.16. The van der Waals surface area contributed by atoms with Crippen LogP contribution in [0.5, 0.6) is 11.5 Å². The van der Waals surface area contributed by atoms with Crippen molar-refractivity contribution in [3.8, 4) is 11.5 Å². The van der Waals surface area contributed by atoms with Gasteiger partial charge < -0.3 is 14.8 Å². The highest BCUT2D eigenvalue weighted by Gasteiger charge is 1.97. The number of nitrogens with one attached hydrogen (secondary N) is 1. The molecule has 0 radical (unpaired) electrons. The van der Waals surface area contributed by atoms with Crippen molar-refractivity contribution in [2.45, 2.75) is 39.7 Å². The van der Waals surface area contributed by atoms with Gasteiger partial charge in [-0.15, -0.1) is 0 Å². The SMILES string of the molecule is CCOc1cccc(OCCCCNC(C)C)c1. The van der Waals surface area contributed by atoms with Gasteiger partial charge in [0.25, 0.3) is 0 Å². The lowest BCUT2D eigenvalue weighted by Crippen LogP contribution is -2.23. The second kappa shape index (κ2) is 8.81. The average molecular weight is 251 g/mol. The molecule has 0 unspecified atom stereocenters. The van der Waals surface area contributed by atoms with Crippen molar-refractivity contribution in [2.75, 3.05) is 19.8 Å². The Morgan fingerprint density at radius 2 is 1.83 bits per heavy atom. The van der Waals surface area contributed by atoms with Gasteiger partial charge >= 0.3 is 0 Å². The number of ether oxygens (including phenoxy) is 2. The zero-order chi connectivity index (χ0) is 13.2. The van der Waals surface area contributed by atoms with Crippen LogP contribution in [0.2, 0.25) is 0 Å². The van der Waals surface area contributed by atoms with E-state index in [0.29, 0.717) is 12.6 Å². The highest BCUT2D eigenvalue weighted by Crippen LogP contribution is 2.19. The highest BCUT2D eigenvalue weighted by molar-refractivity contribution is 5.32. The third kappa shape index (κ3) is 6.50. The standard InChI is InChI=1S/C15H25NO2/c1-4-17-14-8-7-9-15(12-14)18-11-6-5-10-16-13(2)3/h7-9,12-13,16H,4-6,10-11H2,1-3H3. The number of unbranched alkanes of at least 4 members (excludes halogenated alkanes) is 1. The lowest BCUT2D eigenvalue weighted by Gasteiger charge is -2.10. The molecule has 102 valence electrons. The average Bonchev–Trinajstić information content (AvgIpc) is 2.34. The van der Waals surface area contributed by atoms with Crippen LogP contribution >= 0.6 is 0 Å². The molecule has 0 atom stereocenters. The molecule has 1 aromatic rings. The summed E-state index contributed by atoms with van der Waals surface area (Å²) in [6, 6.07) is 8.38. The van der Waals surface area contributed by atoms with Gasteiger partial charge in [-0.2, -0.15) is 0 Å². The summed E-state index contributed by atoms with van der Waals surface area (Å²) in [5.41, 5.74) is 0. The second-order valence-corrected chi connectivity index (χ2v) is 4.57. The van der Waals surface area contributed by atoms with Crippen LogP contribution in [0.1, 0.15) is 33.6 Å². The van der Waals surface area contributed by atoms with Crippen LogP contribution in [0.4, 0.5) is 0 Å². The van der Waals surface area contributed by atoms with Crippen molar-refractivity contribution < 1.29 is 9.47 Å². The molecule has 1 aromatic carbocycles. The van der Waals surface area contributed by atoms with Gasteiger partial charge in [0.2, 0.25) is 0 Å². The summed E-state index contributed by atoms with van der Waals surface area (Å²) in [5, 5.41) is 3.39. The van der Waals surface area contributed by atoms with Crippen molar-refractivity contribution in [1.82, 2.24) is 5.32 Å². The van der Waals surface area contributed by atoms with E-state index in [1.165, 1.54) is 0 Å². The molecule has 0 spiro atoms. The molecule has 0 saturated heterocycles. The topological polar surface area (TPSA) is 30.5 Å². The smallest absolute Gasteiger partial charge is 0.122 e. The van der Waals surface area contributed by atoms with Gasteiger partial charge in [0.05, 0.1) is 13.2 Å². The summed E-state index contributed by atoms with van der Waals surface area (Å²) in [6.07, 6.45) is 2.21. The van der Waals surface area contributed by atoms with Gasteiger partial charge in [-0.05, 0) is 38.4 Å². The van der Waals surface area contributed by atoms with Crippen LogP contribution in [0.15, 0.2) is 24.3 Å². The van der Waals surface area contributed by atoms with Crippen LogP contribution in [-0.2, 0) is 0 Å². The van der Waals surface area contributed by atoms with Crippen LogP contribution < -0.4 is 14.8 Å². The molecule has 3 heteroatoms. The van der Waals surface area contributed by atoms with Crippen LogP contribution in [0, 0.1) is 0 Å². The fraction of sp³-hybridized carbons (Fsp3) is 0.600. The number of benzene rings is 1. The van der Waals surface area contributed by atoms with Gasteiger partial charge in [-0.25, -0.2) is 0 Å². The van der Waals surface area contributed by atoms with Crippen molar-refractivity contribution in [3.63, 3.8) is 0 Å². The third-order valence-corrected chi connectivity index (χ3v) is 2.51. The zero-order valence-electron chi connectivity index (χ0n) is 11.7. The van der Waals surface area contributed by atoms with Crippen molar-refractivity contribution in [2.24, 2.45) is 0 Å². The molecular formula is C15H25NO2. The van der Waals surface area contributed by atoms with E-state index >= 15 is 0 Å². The maximum atomic E-state index is 5.69. The minimum Gasteiger partial charge on any atom is -0.494 e. The van der Waals surface area contributed by atoms with Crippen molar-refractivity contribution in [1.29, 1.82) is 0 Å².